The summed E-state index contributed by atoms with van der Waals surface area (Å²) in [7, 11) is 0. The van der Waals surface area contributed by atoms with Crippen molar-refractivity contribution in [2.24, 2.45) is 0 Å². The van der Waals surface area contributed by atoms with Crippen LogP contribution in [0.2, 0.25) is 0 Å². The minimum absolute atomic E-state index is 0.0166. The van der Waals surface area contributed by atoms with E-state index in [1.165, 1.54) is 0 Å². The van der Waals surface area contributed by atoms with Crippen LogP contribution < -0.4 is 0 Å². The summed E-state index contributed by atoms with van der Waals surface area (Å²) in [4.78, 5) is 24.8. The van der Waals surface area contributed by atoms with Crippen molar-refractivity contribution in [3.05, 3.63) is 35.4 Å². The molecule has 0 aromatic heterocycles. The molecule has 0 N–H and O–H groups in total. The molecule has 23 heavy (non-hydrogen) atoms. The monoisotopic (exact) mass is 320 g/mol. The van der Waals surface area contributed by atoms with Gasteiger partial charge in [0.25, 0.3) is 0 Å². The molecular formula is C18H24O5. The third-order valence-corrected chi connectivity index (χ3v) is 3.98. The van der Waals surface area contributed by atoms with Gasteiger partial charge in [0.05, 0.1) is 25.2 Å². The van der Waals surface area contributed by atoms with Crippen LogP contribution in [0.1, 0.15) is 49.5 Å². The second-order valence-corrected chi connectivity index (χ2v) is 6.02. The predicted octanol–water partition coefficient (Wildman–Crippen LogP) is 2.86. The molecule has 0 unspecified atom stereocenters. The Labute approximate surface area is 136 Å². The highest BCUT2D eigenvalue weighted by molar-refractivity contribution is 5.99. The maximum absolute atomic E-state index is 12.6. The summed E-state index contributed by atoms with van der Waals surface area (Å²) in [6.07, 6.45) is 0.539. The Hall–Kier alpha value is -1.72. The summed E-state index contributed by atoms with van der Waals surface area (Å²) < 4.78 is 15.9. The Balaban J connectivity index is 2.15. The lowest BCUT2D eigenvalue weighted by Gasteiger charge is -2.25. The van der Waals surface area contributed by atoms with Gasteiger partial charge in [0.1, 0.15) is 0 Å². The van der Waals surface area contributed by atoms with Gasteiger partial charge in [0.2, 0.25) is 0 Å². The van der Waals surface area contributed by atoms with Crippen molar-refractivity contribution in [2.45, 2.75) is 45.3 Å². The predicted molar refractivity (Wildman–Crippen MR) is 85.4 cm³/mol. The zero-order chi connectivity index (χ0) is 16.9. The largest absolute Gasteiger partial charge is 0.465 e. The van der Waals surface area contributed by atoms with E-state index >= 15 is 0 Å². The van der Waals surface area contributed by atoms with Crippen LogP contribution in [0.15, 0.2) is 24.3 Å². The number of hydrogen-bond acceptors (Lipinski definition) is 5. The number of ketones is 1. The lowest BCUT2D eigenvalue weighted by atomic mass is 9.80. The number of benzene rings is 1. The van der Waals surface area contributed by atoms with Crippen LogP contribution in [-0.2, 0) is 24.4 Å². The van der Waals surface area contributed by atoms with Crippen LogP contribution in [0.25, 0.3) is 0 Å². The zero-order valence-corrected chi connectivity index (χ0v) is 14.0. The highest BCUT2D eigenvalue weighted by Gasteiger charge is 2.34. The molecule has 126 valence electrons. The molecule has 0 bridgehead atoms. The van der Waals surface area contributed by atoms with Gasteiger partial charge in [-0.1, -0.05) is 24.3 Å². The number of rotatable bonds is 7. The second kappa shape index (κ2) is 7.70. The molecule has 5 heteroatoms. The van der Waals surface area contributed by atoms with Gasteiger partial charge < -0.3 is 14.2 Å². The third kappa shape index (κ3) is 4.18. The highest BCUT2D eigenvalue weighted by atomic mass is 16.7. The van der Waals surface area contributed by atoms with Gasteiger partial charge in [0.15, 0.2) is 12.1 Å². The molecule has 1 aliphatic heterocycles. The fourth-order valence-corrected chi connectivity index (χ4v) is 2.65. The number of carbonyl (C=O) groups excluding carboxylic acids is 2. The molecule has 0 atom stereocenters. The van der Waals surface area contributed by atoms with Crippen LogP contribution in [0, 0.1) is 0 Å². The van der Waals surface area contributed by atoms with Crippen molar-refractivity contribution in [3.63, 3.8) is 0 Å². The first-order valence-corrected chi connectivity index (χ1v) is 8.00. The summed E-state index contributed by atoms with van der Waals surface area (Å²) in [5.41, 5.74) is 0.378. The van der Waals surface area contributed by atoms with E-state index < -0.39 is 5.41 Å². The average Bonchev–Trinajstić information content (AvgIpc) is 3.06. The topological polar surface area (TPSA) is 61.8 Å². The summed E-state index contributed by atoms with van der Waals surface area (Å²) in [5, 5.41) is 0. The molecule has 0 aliphatic carbocycles. The van der Waals surface area contributed by atoms with Crippen LogP contribution in [-0.4, -0.2) is 37.9 Å². The van der Waals surface area contributed by atoms with Crippen molar-refractivity contribution in [1.82, 2.24) is 0 Å². The summed E-state index contributed by atoms with van der Waals surface area (Å²) in [6.45, 7) is 6.79. The van der Waals surface area contributed by atoms with Crippen molar-refractivity contribution in [1.29, 1.82) is 0 Å². The molecule has 2 rings (SSSR count). The van der Waals surface area contributed by atoms with E-state index in [9.17, 15) is 9.59 Å². The van der Waals surface area contributed by atoms with E-state index in [-0.39, 0.29) is 18.0 Å². The molecule has 1 fully saturated rings. The van der Waals surface area contributed by atoms with Gasteiger partial charge in [0, 0.05) is 18.4 Å². The third-order valence-electron chi connectivity index (χ3n) is 3.98. The molecule has 0 saturated carbocycles. The number of Topliss-reactive ketones (excluding diaryl/α,β-unsaturated/α-hetero) is 1. The standard InChI is InChI=1S/C18H24O5/c1-4-21-17(20)18(2,3)14-8-6-5-7-13(14)15(19)9-10-16-22-11-12-23-16/h5-8,16H,4,9-12H2,1-3H3. The summed E-state index contributed by atoms with van der Waals surface area (Å²) >= 11 is 0. The van der Waals surface area contributed by atoms with Gasteiger partial charge in [-0.2, -0.15) is 0 Å². The van der Waals surface area contributed by atoms with Crippen LogP contribution in [0.5, 0.6) is 0 Å². The first-order chi connectivity index (χ1) is 11.0. The van der Waals surface area contributed by atoms with Crippen molar-refractivity contribution in [3.8, 4) is 0 Å². The van der Waals surface area contributed by atoms with Gasteiger partial charge in [-0.25, -0.2) is 0 Å². The molecule has 1 aromatic rings. The normalized spacial score (nSPS) is 15.6. The number of hydrogen-bond donors (Lipinski definition) is 0. The lowest BCUT2D eigenvalue weighted by Crippen LogP contribution is -2.33. The van der Waals surface area contributed by atoms with Crippen molar-refractivity contribution >= 4 is 11.8 Å². The zero-order valence-electron chi connectivity index (χ0n) is 14.0. The van der Waals surface area contributed by atoms with Crippen molar-refractivity contribution < 1.29 is 23.8 Å². The Morgan fingerprint density at radius 1 is 1.22 bits per heavy atom. The quantitative estimate of drug-likeness (QED) is 0.571. The summed E-state index contributed by atoms with van der Waals surface area (Å²) in [5.74, 6) is -0.347. The Bertz CT molecular complexity index is 558. The first-order valence-electron chi connectivity index (χ1n) is 8.00. The number of ether oxygens (including phenoxy) is 3. The Morgan fingerprint density at radius 2 is 1.87 bits per heavy atom. The van der Waals surface area contributed by atoms with E-state index in [4.69, 9.17) is 14.2 Å². The minimum Gasteiger partial charge on any atom is -0.465 e. The van der Waals surface area contributed by atoms with Gasteiger partial charge in [-0.15, -0.1) is 0 Å². The van der Waals surface area contributed by atoms with Gasteiger partial charge in [-0.3, -0.25) is 9.59 Å². The van der Waals surface area contributed by atoms with Crippen LogP contribution >= 0.6 is 0 Å². The Morgan fingerprint density at radius 3 is 2.52 bits per heavy atom. The lowest BCUT2D eigenvalue weighted by molar-refractivity contribution is -0.148. The molecule has 5 nitrogen and oxygen atoms in total. The Kier molecular flexibility index (Phi) is 5.91. The maximum atomic E-state index is 12.6. The SMILES string of the molecule is CCOC(=O)C(C)(C)c1ccccc1C(=O)CCC1OCCO1. The van der Waals surface area contributed by atoms with Crippen LogP contribution in [0.3, 0.4) is 0 Å². The minimum atomic E-state index is -0.872. The van der Waals surface area contributed by atoms with E-state index in [1.54, 1.807) is 32.9 Å². The fourth-order valence-electron chi connectivity index (χ4n) is 2.65. The molecular weight excluding hydrogens is 296 g/mol. The number of esters is 1. The number of carbonyl (C=O) groups is 2. The maximum Gasteiger partial charge on any atom is 0.315 e. The van der Waals surface area contributed by atoms with E-state index in [2.05, 4.69) is 0 Å². The summed E-state index contributed by atoms with van der Waals surface area (Å²) in [6, 6.07) is 7.21. The molecule has 1 heterocycles. The fraction of sp³-hybridized carbons (Fsp3) is 0.556. The van der Waals surface area contributed by atoms with Crippen LogP contribution in [0.4, 0.5) is 0 Å². The van der Waals surface area contributed by atoms with Gasteiger partial charge >= 0.3 is 5.97 Å². The van der Waals surface area contributed by atoms with Gasteiger partial charge in [-0.05, 0) is 26.3 Å². The molecule has 1 aliphatic rings. The van der Waals surface area contributed by atoms with Crippen molar-refractivity contribution in [2.75, 3.05) is 19.8 Å². The smallest absolute Gasteiger partial charge is 0.315 e. The molecule has 0 spiro atoms. The second-order valence-electron chi connectivity index (χ2n) is 6.02. The molecule has 1 aromatic carbocycles. The highest BCUT2D eigenvalue weighted by Crippen LogP contribution is 2.29. The van der Waals surface area contributed by atoms with E-state index in [0.717, 1.165) is 0 Å². The molecule has 1 saturated heterocycles. The average molecular weight is 320 g/mol. The molecule has 0 radical (unpaired) electrons. The molecule has 0 amide bonds. The van der Waals surface area contributed by atoms with E-state index in [1.807, 2.05) is 12.1 Å². The van der Waals surface area contributed by atoms with E-state index in [0.29, 0.717) is 43.8 Å². The first kappa shape index (κ1) is 17.6.